The van der Waals surface area contributed by atoms with Crippen LogP contribution in [0.25, 0.3) is 0 Å². The number of thioether (sulfide) groups is 1. The summed E-state index contributed by atoms with van der Waals surface area (Å²) in [4.78, 5) is 12.5. The van der Waals surface area contributed by atoms with Crippen molar-refractivity contribution in [1.82, 2.24) is 14.8 Å². The minimum atomic E-state index is -0.0922. The molecule has 7 heteroatoms. The van der Waals surface area contributed by atoms with Gasteiger partial charge in [-0.3, -0.25) is 9.36 Å². The number of nitrogens with one attached hydrogen (secondary N) is 1. The Hall–Kier alpha value is -3.06. The number of hydrogen-bond donors (Lipinski definition) is 1. The van der Waals surface area contributed by atoms with Gasteiger partial charge in [0, 0.05) is 12.2 Å². The van der Waals surface area contributed by atoms with Crippen molar-refractivity contribution < 1.29 is 9.53 Å². The van der Waals surface area contributed by atoms with Crippen LogP contribution in [0.4, 0.5) is 5.69 Å². The molecule has 1 aromatic heterocycles. The molecule has 0 radical (unpaired) electrons. The number of aromatic nitrogens is 3. The number of carbonyl (C=O) groups excluding carboxylic acids is 1. The number of anilines is 1. The molecule has 1 heterocycles. The van der Waals surface area contributed by atoms with Crippen molar-refractivity contribution in [2.24, 2.45) is 0 Å². The molecule has 2 aromatic carbocycles. The smallest absolute Gasteiger partial charge is 0.234 e. The van der Waals surface area contributed by atoms with Crippen molar-refractivity contribution in [1.29, 1.82) is 0 Å². The second-order valence-corrected chi connectivity index (χ2v) is 9.69. The standard InChI is InChI=1S/C26H32N4O2S/c1-6-16-30-23(17-32-22-14-8-19(7-2)9-15-22)28-29-25(30)33-18-24(31)27-21-12-10-20(11-13-21)26(3,4)5/h6,8-15H,1,7,16-18H2,2-5H3,(H,27,31). The molecule has 0 spiro atoms. The van der Waals surface area contributed by atoms with E-state index < -0.39 is 0 Å². The van der Waals surface area contributed by atoms with E-state index in [1.165, 1.54) is 22.9 Å². The third-order valence-electron chi connectivity index (χ3n) is 5.17. The van der Waals surface area contributed by atoms with Gasteiger partial charge < -0.3 is 10.1 Å². The Kier molecular flexibility index (Phi) is 8.33. The predicted octanol–water partition coefficient (Wildman–Crippen LogP) is 5.63. The van der Waals surface area contributed by atoms with Crippen LogP contribution in [0.15, 0.2) is 66.3 Å². The number of rotatable bonds is 10. The van der Waals surface area contributed by atoms with Crippen LogP contribution in [0.2, 0.25) is 0 Å². The first kappa shape index (κ1) is 24.6. The highest BCUT2D eigenvalue weighted by molar-refractivity contribution is 7.99. The molecule has 0 bridgehead atoms. The van der Waals surface area contributed by atoms with Crippen LogP contribution in [0.5, 0.6) is 5.75 Å². The molecule has 3 aromatic rings. The van der Waals surface area contributed by atoms with Crippen molar-refractivity contribution in [2.45, 2.75) is 57.8 Å². The topological polar surface area (TPSA) is 69.0 Å². The summed E-state index contributed by atoms with van der Waals surface area (Å²) in [6, 6.07) is 16.0. The fourth-order valence-electron chi connectivity index (χ4n) is 3.19. The van der Waals surface area contributed by atoms with Gasteiger partial charge in [-0.25, -0.2) is 0 Å². The summed E-state index contributed by atoms with van der Waals surface area (Å²) < 4.78 is 7.80. The largest absolute Gasteiger partial charge is 0.486 e. The first-order valence-electron chi connectivity index (χ1n) is 11.1. The van der Waals surface area contributed by atoms with Crippen molar-refractivity contribution in [3.8, 4) is 5.75 Å². The first-order valence-corrected chi connectivity index (χ1v) is 12.1. The van der Waals surface area contributed by atoms with Crippen LogP contribution < -0.4 is 10.1 Å². The Balaban J connectivity index is 1.58. The first-order chi connectivity index (χ1) is 15.8. The van der Waals surface area contributed by atoms with Gasteiger partial charge >= 0.3 is 0 Å². The third-order valence-corrected chi connectivity index (χ3v) is 6.14. The van der Waals surface area contributed by atoms with Crippen molar-refractivity contribution >= 4 is 23.4 Å². The van der Waals surface area contributed by atoms with Gasteiger partial charge in [-0.1, -0.05) is 69.8 Å². The Bertz CT molecular complexity index is 1070. The van der Waals surface area contributed by atoms with E-state index in [4.69, 9.17) is 4.74 Å². The highest BCUT2D eigenvalue weighted by Crippen LogP contribution is 2.24. The van der Waals surface area contributed by atoms with Gasteiger partial charge in [-0.05, 0) is 47.2 Å². The maximum atomic E-state index is 12.5. The summed E-state index contributed by atoms with van der Waals surface area (Å²) in [6.45, 7) is 13.3. The highest BCUT2D eigenvalue weighted by atomic mass is 32.2. The van der Waals surface area contributed by atoms with E-state index in [1.54, 1.807) is 6.08 Å². The average Bonchev–Trinajstić information content (AvgIpc) is 3.18. The molecule has 0 aliphatic rings. The second kappa shape index (κ2) is 11.2. The molecule has 0 atom stereocenters. The summed E-state index contributed by atoms with van der Waals surface area (Å²) in [5.41, 5.74) is 3.35. The number of carbonyl (C=O) groups is 1. The lowest BCUT2D eigenvalue weighted by molar-refractivity contribution is -0.113. The third kappa shape index (κ3) is 6.96. The molecule has 3 rings (SSSR count). The lowest BCUT2D eigenvalue weighted by Gasteiger charge is -2.19. The predicted molar refractivity (Wildman–Crippen MR) is 135 cm³/mol. The van der Waals surface area contributed by atoms with E-state index in [0.29, 0.717) is 24.1 Å². The fourth-order valence-corrected chi connectivity index (χ4v) is 3.96. The summed E-state index contributed by atoms with van der Waals surface area (Å²) in [6.07, 6.45) is 2.77. The maximum absolute atomic E-state index is 12.5. The Morgan fingerprint density at radius 2 is 1.82 bits per heavy atom. The summed E-state index contributed by atoms with van der Waals surface area (Å²) in [5.74, 6) is 1.61. The molecule has 0 aliphatic carbocycles. The van der Waals surface area contributed by atoms with Gasteiger partial charge in [-0.2, -0.15) is 0 Å². The zero-order chi connectivity index (χ0) is 23.8. The normalized spacial score (nSPS) is 11.3. The molecule has 33 heavy (non-hydrogen) atoms. The van der Waals surface area contributed by atoms with E-state index >= 15 is 0 Å². The van der Waals surface area contributed by atoms with Crippen molar-refractivity contribution in [3.05, 3.63) is 78.1 Å². The lowest BCUT2D eigenvalue weighted by atomic mass is 9.87. The van der Waals surface area contributed by atoms with Crippen LogP contribution in [0.3, 0.4) is 0 Å². The lowest BCUT2D eigenvalue weighted by Crippen LogP contribution is -2.15. The van der Waals surface area contributed by atoms with Crippen LogP contribution >= 0.6 is 11.8 Å². The Labute approximate surface area is 200 Å². The maximum Gasteiger partial charge on any atom is 0.234 e. The van der Waals surface area contributed by atoms with E-state index in [1.807, 2.05) is 41.0 Å². The van der Waals surface area contributed by atoms with Gasteiger partial charge in [0.15, 0.2) is 11.0 Å². The summed E-state index contributed by atoms with van der Waals surface area (Å²) in [7, 11) is 0. The molecule has 0 saturated heterocycles. The van der Waals surface area contributed by atoms with E-state index in [2.05, 4.69) is 61.9 Å². The molecule has 0 aliphatic heterocycles. The molecule has 1 amide bonds. The van der Waals surface area contributed by atoms with Crippen molar-refractivity contribution in [3.63, 3.8) is 0 Å². The van der Waals surface area contributed by atoms with Gasteiger partial charge in [0.1, 0.15) is 12.4 Å². The van der Waals surface area contributed by atoms with E-state index in [9.17, 15) is 4.79 Å². The van der Waals surface area contributed by atoms with Crippen LogP contribution in [-0.4, -0.2) is 26.4 Å². The van der Waals surface area contributed by atoms with Gasteiger partial charge in [0.2, 0.25) is 5.91 Å². The number of benzene rings is 2. The number of amides is 1. The monoisotopic (exact) mass is 464 g/mol. The van der Waals surface area contributed by atoms with Crippen LogP contribution in [0.1, 0.15) is 44.6 Å². The quantitative estimate of drug-likeness (QED) is 0.311. The van der Waals surface area contributed by atoms with Gasteiger partial charge in [-0.15, -0.1) is 16.8 Å². The molecule has 174 valence electrons. The zero-order valence-electron chi connectivity index (χ0n) is 19.8. The molecular weight excluding hydrogens is 432 g/mol. The summed E-state index contributed by atoms with van der Waals surface area (Å²) >= 11 is 1.34. The number of ether oxygens (including phenoxy) is 1. The molecular formula is C26H32N4O2S. The van der Waals surface area contributed by atoms with Gasteiger partial charge in [0.25, 0.3) is 0 Å². The van der Waals surface area contributed by atoms with Gasteiger partial charge in [0.05, 0.1) is 5.75 Å². The number of aryl methyl sites for hydroxylation is 1. The van der Waals surface area contributed by atoms with Crippen molar-refractivity contribution in [2.75, 3.05) is 11.1 Å². The van der Waals surface area contributed by atoms with E-state index in [0.717, 1.165) is 17.9 Å². The average molecular weight is 465 g/mol. The highest BCUT2D eigenvalue weighted by Gasteiger charge is 2.15. The molecule has 1 N–H and O–H groups in total. The molecule has 6 nitrogen and oxygen atoms in total. The zero-order valence-corrected chi connectivity index (χ0v) is 20.6. The molecule has 0 unspecified atom stereocenters. The second-order valence-electron chi connectivity index (χ2n) is 8.75. The number of allylic oxidation sites excluding steroid dienone is 1. The Morgan fingerprint density at radius 3 is 2.42 bits per heavy atom. The SMILES string of the molecule is C=CCn1c(COc2ccc(CC)cc2)nnc1SCC(=O)Nc1ccc(C(C)(C)C)cc1. The van der Waals surface area contributed by atoms with E-state index in [-0.39, 0.29) is 17.1 Å². The Morgan fingerprint density at radius 1 is 1.12 bits per heavy atom. The summed E-state index contributed by atoms with van der Waals surface area (Å²) in [5, 5.41) is 12.1. The minimum Gasteiger partial charge on any atom is -0.486 e. The number of nitrogens with zero attached hydrogens (tertiary/aromatic N) is 3. The number of hydrogen-bond acceptors (Lipinski definition) is 5. The fraction of sp³-hybridized carbons (Fsp3) is 0.346. The van der Waals surface area contributed by atoms with Crippen LogP contribution in [0, 0.1) is 0 Å². The van der Waals surface area contributed by atoms with Crippen LogP contribution in [-0.2, 0) is 29.8 Å². The molecule has 0 fully saturated rings. The minimum absolute atomic E-state index is 0.0774. The molecule has 0 saturated carbocycles.